The Morgan fingerprint density at radius 3 is 2.49 bits per heavy atom. The number of benzene rings is 2. The van der Waals surface area contributed by atoms with E-state index in [1.807, 2.05) is 34.6 Å². The third-order valence-corrected chi connectivity index (χ3v) is 7.11. The van der Waals surface area contributed by atoms with Gasteiger partial charge in [0.05, 0.1) is 17.5 Å². The zero-order chi connectivity index (χ0) is 24.2. The van der Waals surface area contributed by atoms with Crippen molar-refractivity contribution in [2.24, 2.45) is 0 Å². The van der Waals surface area contributed by atoms with E-state index < -0.39 is 0 Å². The van der Waals surface area contributed by atoms with Crippen LogP contribution in [0.1, 0.15) is 54.4 Å². The molecule has 1 aromatic heterocycles. The van der Waals surface area contributed by atoms with E-state index in [2.05, 4.69) is 17.0 Å². The summed E-state index contributed by atoms with van der Waals surface area (Å²) in [5, 5.41) is 0.603. The second-order valence-electron chi connectivity index (χ2n) is 9.53. The average Bonchev–Trinajstić information content (AvgIpc) is 2.86. The molecule has 0 spiro atoms. The highest BCUT2D eigenvalue weighted by molar-refractivity contribution is 5.97. The summed E-state index contributed by atoms with van der Waals surface area (Å²) in [4.78, 5) is 35.4. The number of rotatable bonds is 5. The molecule has 1 amide bonds. The molecule has 2 aliphatic rings. The Bertz CT molecular complexity index is 1240. The molecule has 1 saturated heterocycles. The van der Waals surface area contributed by atoms with Crippen molar-refractivity contribution in [3.8, 4) is 5.75 Å². The molecule has 7 heteroatoms. The summed E-state index contributed by atoms with van der Waals surface area (Å²) in [5.41, 5.74) is 2.52. The number of nitrogens with zero attached hydrogens (tertiary/aromatic N) is 4. The number of carbonyl (C=O) groups excluding carboxylic acids is 1. The summed E-state index contributed by atoms with van der Waals surface area (Å²) in [5.74, 6) is 1.77. The molecule has 2 aromatic carbocycles. The predicted molar refractivity (Wildman–Crippen MR) is 137 cm³/mol. The predicted octanol–water partition coefficient (Wildman–Crippen LogP) is 3.87. The largest absolute Gasteiger partial charge is 0.494 e. The van der Waals surface area contributed by atoms with Gasteiger partial charge in [0.25, 0.3) is 11.5 Å². The normalized spacial score (nSPS) is 17.0. The van der Waals surface area contributed by atoms with E-state index >= 15 is 0 Å². The maximum absolute atomic E-state index is 13.3. The molecule has 5 rings (SSSR count). The lowest BCUT2D eigenvalue weighted by atomic mass is 10.1. The van der Waals surface area contributed by atoms with Gasteiger partial charge in [0.15, 0.2) is 0 Å². The lowest BCUT2D eigenvalue weighted by Gasteiger charge is -2.34. The molecule has 3 aromatic rings. The minimum Gasteiger partial charge on any atom is -0.494 e. The Hall–Kier alpha value is -3.19. The molecule has 35 heavy (non-hydrogen) atoms. The van der Waals surface area contributed by atoms with Gasteiger partial charge in [-0.15, -0.1) is 0 Å². The lowest BCUT2D eigenvalue weighted by molar-refractivity contribution is 0.0628. The van der Waals surface area contributed by atoms with Gasteiger partial charge in [0, 0.05) is 51.3 Å². The molecule has 0 saturated carbocycles. The number of ether oxygens (including phenoxy) is 1. The van der Waals surface area contributed by atoms with Gasteiger partial charge in [-0.1, -0.05) is 25.0 Å². The summed E-state index contributed by atoms with van der Waals surface area (Å²) in [6.45, 7) is 7.30. The van der Waals surface area contributed by atoms with Crippen LogP contribution in [0.4, 0.5) is 0 Å². The van der Waals surface area contributed by atoms with Crippen molar-refractivity contribution < 1.29 is 9.53 Å². The summed E-state index contributed by atoms with van der Waals surface area (Å²) >= 11 is 0. The van der Waals surface area contributed by atoms with E-state index in [1.165, 1.54) is 12.0 Å². The second-order valence-corrected chi connectivity index (χ2v) is 9.53. The highest BCUT2D eigenvalue weighted by atomic mass is 16.5. The average molecular weight is 475 g/mol. The van der Waals surface area contributed by atoms with E-state index in [0.717, 1.165) is 63.4 Å². The Kier molecular flexibility index (Phi) is 7.13. The van der Waals surface area contributed by atoms with Crippen LogP contribution in [0.3, 0.4) is 0 Å². The third-order valence-electron chi connectivity index (χ3n) is 7.11. The van der Waals surface area contributed by atoms with E-state index in [4.69, 9.17) is 9.72 Å². The van der Waals surface area contributed by atoms with Crippen molar-refractivity contribution in [1.29, 1.82) is 0 Å². The van der Waals surface area contributed by atoms with Gasteiger partial charge < -0.3 is 9.64 Å². The zero-order valence-corrected chi connectivity index (χ0v) is 20.5. The molecule has 0 N–H and O–H groups in total. The van der Waals surface area contributed by atoms with E-state index in [1.54, 1.807) is 12.1 Å². The molecule has 0 aliphatic carbocycles. The lowest BCUT2D eigenvalue weighted by Crippen LogP contribution is -2.48. The number of hydrogen-bond acceptors (Lipinski definition) is 5. The van der Waals surface area contributed by atoms with E-state index in [9.17, 15) is 9.59 Å². The Morgan fingerprint density at radius 2 is 1.71 bits per heavy atom. The monoisotopic (exact) mass is 474 g/mol. The van der Waals surface area contributed by atoms with Gasteiger partial charge in [-0.2, -0.15) is 0 Å². The molecule has 2 aliphatic heterocycles. The quantitative estimate of drug-likeness (QED) is 0.562. The summed E-state index contributed by atoms with van der Waals surface area (Å²) in [6.07, 6.45) is 5.22. The number of aromatic nitrogens is 2. The first-order valence-electron chi connectivity index (χ1n) is 12.9. The molecular weight excluding hydrogens is 440 g/mol. The van der Waals surface area contributed by atoms with Gasteiger partial charge in [-0.25, -0.2) is 4.98 Å². The fraction of sp³-hybridized carbons (Fsp3) is 0.464. The molecule has 3 heterocycles. The van der Waals surface area contributed by atoms with Crippen molar-refractivity contribution in [3.05, 3.63) is 69.8 Å². The van der Waals surface area contributed by atoms with E-state index in [0.29, 0.717) is 36.2 Å². The maximum Gasteiger partial charge on any atom is 0.261 e. The van der Waals surface area contributed by atoms with Crippen molar-refractivity contribution in [2.45, 2.75) is 52.1 Å². The highest BCUT2D eigenvalue weighted by Gasteiger charge is 2.23. The number of fused-ring (bicyclic) bond motifs is 2. The minimum atomic E-state index is 0.0151. The van der Waals surface area contributed by atoms with Crippen molar-refractivity contribution in [2.75, 3.05) is 32.8 Å². The van der Waals surface area contributed by atoms with Gasteiger partial charge in [0.2, 0.25) is 0 Å². The van der Waals surface area contributed by atoms with Crippen LogP contribution in [0.25, 0.3) is 10.9 Å². The standard InChI is InChI=1S/C28H34N4O3/c1-2-35-23-11-8-21(9-12-23)20-30-15-17-31(18-16-30)27(33)22-10-13-24-25(19-22)29-26-7-5-3-4-6-14-32(26)28(24)34/h8-13,19H,2-7,14-18,20H2,1H3. The van der Waals surface area contributed by atoms with Crippen molar-refractivity contribution in [3.63, 3.8) is 0 Å². The summed E-state index contributed by atoms with van der Waals surface area (Å²) < 4.78 is 7.36. The molecule has 184 valence electrons. The van der Waals surface area contributed by atoms with Crippen LogP contribution < -0.4 is 10.3 Å². The van der Waals surface area contributed by atoms with Crippen molar-refractivity contribution >= 4 is 16.8 Å². The Morgan fingerprint density at radius 1 is 0.943 bits per heavy atom. The Labute approximate surface area is 206 Å². The molecular formula is C28H34N4O3. The molecule has 1 fully saturated rings. The molecule has 0 unspecified atom stereocenters. The van der Waals surface area contributed by atoms with E-state index in [-0.39, 0.29) is 11.5 Å². The number of amides is 1. The number of carbonyl (C=O) groups is 1. The fourth-order valence-corrected chi connectivity index (χ4v) is 5.14. The number of piperazine rings is 1. The molecule has 0 bridgehead atoms. The third kappa shape index (κ3) is 5.25. The highest BCUT2D eigenvalue weighted by Crippen LogP contribution is 2.19. The van der Waals surface area contributed by atoms with Crippen LogP contribution in [-0.4, -0.2) is 58.0 Å². The number of aryl methyl sites for hydroxylation is 1. The van der Waals surface area contributed by atoms with Crippen molar-refractivity contribution in [1.82, 2.24) is 19.4 Å². The molecule has 0 atom stereocenters. The SMILES string of the molecule is CCOc1ccc(CN2CCN(C(=O)c3ccc4c(=O)n5c(nc4c3)CCCCCC5)CC2)cc1. The smallest absolute Gasteiger partial charge is 0.261 e. The van der Waals surface area contributed by atoms with Crippen LogP contribution in [0.5, 0.6) is 5.75 Å². The second kappa shape index (κ2) is 10.6. The maximum atomic E-state index is 13.3. The minimum absolute atomic E-state index is 0.0151. The van der Waals surface area contributed by atoms with Crippen LogP contribution in [0, 0.1) is 0 Å². The first-order chi connectivity index (χ1) is 17.1. The van der Waals surface area contributed by atoms with Crippen LogP contribution in [0.2, 0.25) is 0 Å². The summed E-state index contributed by atoms with van der Waals surface area (Å²) in [7, 11) is 0. The first kappa shape index (κ1) is 23.5. The van der Waals surface area contributed by atoms with Gasteiger partial charge in [-0.3, -0.25) is 19.1 Å². The van der Waals surface area contributed by atoms with Gasteiger partial charge in [0.1, 0.15) is 11.6 Å². The molecule has 0 radical (unpaired) electrons. The molecule has 7 nitrogen and oxygen atoms in total. The topological polar surface area (TPSA) is 67.7 Å². The van der Waals surface area contributed by atoms with Crippen LogP contribution in [-0.2, 0) is 19.5 Å². The fourth-order valence-electron chi connectivity index (χ4n) is 5.14. The number of hydrogen-bond donors (Lipinski definition) is 0. The zero-order valence-electron chi connectivity index (χ0n) is 20.5. The van der Waals surface area contributed by atoms with Crippen LogP contribution >= 0.6 is 0 Å². The van der Waals surface area contributed by atoms with Crippen LogP contribution in [0.15, 0.2) is 47.3 Å². The van der Waals surface area contributed by atoms with Gasteiger partial charge >= 0.3 is 0 Å². The Balaban J connectivity index is 1.25. The summed E-state index contributed by atoms with van der Waals surface area (Å²) in [6, 6.07) is 13.6. The van der Waals surface area contributed by atoms with Gasteiger partial charge in [-0.05, 0) is 55.7 Å². The first-order valence-corrected chi connectivity index (χ1v) is 12.9.